The van der Waals surface area contributed by atoms with Crippen LogP contribution in [-0.2, 0) is 6.18 Å². The molecule has 1 aromatic heterocycles. The Balaban J connectivity index is 2.05. The Kier molecular flexibility index (Phi) is 8.00. The number of ether oxygens (including phenoxy) is 2. The fourth-order valence-electron chi connectivity index (χ4n) is 3.12. The van der Waals surface area contributed by atoms with Gasteiger partial charge in [-0.2, -0.15) is 18.4 Å². The quantitative estimate of drug-likeness (QED) is 0.431. The van der Waals surface area contributed by atoms with E-state index in [1.807, 2.05) is 6.07 Å². The maximum atomic E-state index is 13.5. The van der Waals surface area contributed by atoms with Crippen LogP contribution in [-0.4, -0.2) is 35.4 Å². The first-order valence-electron chi connectivity index (χ1n) is 10.0. The third-order valence-corrected chi connectivity index (χ3v) is 5.15. The predicted octanol–water partition coefficient (Wildman–Crippen LogP) is 4.74. The summed E-state index contributed by atoms with van der Waals surface area (Å²) < 4.78 is 53.9. The summed E-state index contributed by atoms with van der Waals surface area (Å²) in [6.45, 7) is 1.07. The second kappa shape index (κ2) is 11.0. The fourth-order valence-corrected chi connectivity index (χ4v) is 3.42. The molecule has 0 atom stereocenters. The van der Waals surface area contributed by atoms with Crippen molar-refractivity contribution in [3.63, 3.8) is 0 Å². The highest BCUT2D eigenvalue weighted by Gasteiger charge is 2.38. The lowest BCUT2D eigenvalue weighted by Gasteiger charge is -2.17. The first-order chi connectivity index (χ1) is 17.1. The summed E-state index contributed by atoms with van der Waals surface area (Å²) in [6, 6.07) is 11.9. The molecular formula is C23H18F3N5O4S. The van der Waals surface area contributed by atoms with Gasteiger partial charge in [0.2, 0.25) is 0 Å². The Bertz CT molecular complexity index is 1360. The zero-order valence-electron chi connectivity index (χ0n) is 19.1. The van der Waals surface area contributed by atoms with Crippen LogP contribution in [0.5, 0.6) is 17.4 Å². The first kappa shape index (κ1) is 26.3. The van der Waals surface area contributed by atoms with Crippen molar-refractivity contribution in [2.45, 2.75) is 13.1 Å². The topological polar surface area (TPSA) is 126 Å². The summed E-state index contributed by atoms with van der Waals surface area (Å²) in [7, 11) is 1.31. The van der Waals surface area contributed by atoms with Crippen molar-refractivity contribution in [2.24, 2.45) is 0 Å². The molecule has 9 nitrogen and oxygen atoms in total. The molecule has 0 spiro atoms. The molecule has 2 N–H and O–H groups in total. The number of rotatable bonds is 7. The third kappa shape index (κ3) is 5.84. The number of carbonyl (C=O) groups is 2. The number of halogens is 3. The molecule has 1 heterocycles. The van der Waals surface area contributed by atoms with Crippen molar-refractivity contribution in [3.05, 3.63) is 70.4 Å². The van der Waals surface area contributed by atoms with E-state index in [4.69, 9.17) is 14.7 Å². The Morgan fingerprint density at radius 3 is 2.47 bits per heavy atom. The van der Waals surface area contributed by atoms with Gasteiger partial charge >= 0.3 is 6.18 Å². The van der Waals surface area contributed by atoms with Crippen molar-refractivity contribution in [3.8, 4) is 23.4 Å². The van der Waals surface area contributed by atoms with Gasteiger partial charge in [-0.1, -0.05) is 18.0 Å². The number of carbonyl (C=O) groups excluding carboxylic acids is 2. The predicted molar refractivity (Wildman–Crippen MR) is 125 cm³/mol. The molecule has 0 bridgehead atoms. The van der Waals surface area contributed by atoms with Crippen molar-refractivity contribution < 1.29 is 32.2 Å². The lowest BCUT2D eigenvalue weighted by Crippen LogP contribution is -2.21. The molecule has 0 unspecified atom stereocenters. The van der Waals surface area contributed by atoms with E-state index in [9.17, 15) is 22.8 Å². The molecule has 0 saturated carbocycles. The van der Waals surface area contributed by atoms with Crippen LogP contribution in [0.15, 0.2) is 42.5 Å². The monoisotopic (exact) mass is 517 g/mol. The number of aromatic nitrogens is 2. The smallest absolute Gasteiger partial charge is 0.435 e. The Labute approximate surface area is 207 Å². The zero-order chi connectivity index (χ0) is 26.5. The van der Waals surface area contributed by atoms with Crippen LogP contribution in [0.1, 0.15) is 37.5 Å². The first-order valence-corrected chi connectivity index (χ1v) is 11.3. The van der Waals surface area contributed by atoms with Crippen molar-refractivity contribution in [2.75, 3.05) is 18.7 Å². The number of alkyl halides is 3. The van der Waals surface area contributed by atoms with Crippen LogP contribution in [0.3, 0.4) is 0 Å². The standard InChI is InChI=1S/C23H18F3N5O4S/c1-12-18(21(33)28-15-6-4-5-14(10-15)20(32)31-36-3)22(30-29-19(12)23(24,25)26)35-16-8-7-13(11-27)9-17(16)34-2/h4-10H,1-3H3,(H,28,33)(H,31,32). The molecule has 0 saturated heterocycles. The highest BCUT2D eigenvalue weighted by Crippen LogP contribution is 2.37. The molecule has 3 rings (SSSR count). The maximum absolute atomic E-state index is 13.5. The number of nitrogens with zero attached hydrogens (tertiary/aromatic N) is 3. The van der Waals surface area contributed by atoms with Crippen molar-refractivity contribution >= 4 is 29.4 Å². The molecule has 0 aliphatic carbocycles. The number of nitrogens with one attached hydrogen (secondary N) is 2. The normalized spacial score (nSPS) is 10.8. The van der Waals surface area contributed by atoms with Gasteiger partial charge in [-0.05, 0) is 42.8 Å². The molecule has 186 valence electrons. The van der Waals surface area contributed by atoms with E-state index in [2.05, 4.69) is 20.2 Å². The highest BCUT2D eigenvalue weighted by atomic mass is 32.2. The molecule has 36 heavy (non-hydrogen) atoms. The van der Waals surface area contributed by atoms with E-state index in [0.29, 0.717) is 0 Å². The van der Waals surface area contributed by atoms with Crippen LogP contribution < -0.4 is 19.5 Å². The minimum Gasteiger partial charge on any atom is -0.493 e. The van der Waals surface area contributed by atoms with E-state index in [-0.39, 0.29) is 28.3 Å². The van der Waals surface area contributed by atoms with Crippen LogP contribution in [0.4, 0.5) is 18.9 Å². The van der Waals surface area contributed by atoms with Gasteiger partial charge in [0, 0.05) is 23.6 Å². The van der Waals surface area contributed by atoms with Crippen molar-refractivity contribution in [1.82, 2.24) is 14.9 Å². The van der Waals surface area contributed by atoms with Gasteiger partial charge in [-0.15, -0.1) is 10.2 Å². The number of amides is 2. The highest BCUT2D eigenvalue weighted by molar-refractivity contribution is 7.97. The van der Waals surface area contributed by atoms with Gasteiger partial charge in [0.15, 0.2) is 17.2 Å². The zero-order valence-corrected chi connectivity index (χ0v) is 19.9. The number of methoxy groups -OCH3 is 1. The van der Waals surface area contributed by atoms with E-state index in [1.165, 1.54) is 49.6 Å². The Hall–Kier alpha value is -4.31. The molecule has 0 aliphatic heterocycles. The maximum Gasteiger partial charge on any atom is 0.435 e. The minimum absolute atomic E-state index is 0.00487. The van der Waals surface area contributed by atoms with E-state index >= 15 is 0 Å². The summed E-state index contributed by atoms with van der Waals surface area (Å²) in [5.41, 5.74) is -1.78. The Morgan fingerprint density at radius 2 is 1.83 bits per heavy atom. The largest absolute Gasteiger partial charge is 0.493 e. The van der Waals surface area contributed by atoms with Gasteiger partial charge in [-0.25, -0.2) is 0 Å². The van der Waals surface area contributed by atoms with Gasteiger partial charge < -0.3 is 14.8 Å². The summed E-state index contributed by atoms with van der Waals surface area (Å²) in [5, 5.41) is 18.3. The van der Waals surface area contributed by atoms with Gasteiger partial charge in [0.1, 0.15) is 5.56 Å². The van der Waals surface area contributed by atoms with Crippen LogP contribution in [0.25, 0.3) is 0 Å². The molecule has 2 aromatic carbocycles. The molecular weight excluding hydrogens is 499 g/mol. The van der Waals surface area contributed by atoms with Crippen molar-refractivity contribution in [1.29, 1.82) is 5.26 Å². The molecule has 0 radical (unpaired) electrons. The average Bonchev–Trinajstić information content (AvgIpc) is 2.83. The minimum atomic E-state index is -4.88. The van der Waals surface area contributed by atoms with E-state index in [1.54, 1.807) is 6.26 Å². The van der Waals surface area contributed by atoms with E-state index in [0.717, 1.165) is 18.9 Å². The number of nitriles is 1. The van der Waals surface area contributed by atoms with Crippen LogP contribution in [0, 0.1) is 18.3 Å². The molecule has 3 aromatic rings. The van der Waals surface area contributed by atoms with Gasteiger partial charge in [-0.3, -0.25) is 14.3 Å². The molecule has 13 heteroatoms. The lowest BCUT2D eigenvalue weighted by atomic mass is 10.1. The number of benzene rings is 2. The lowest BCUT2D eigenvalue weighted by molar-refractivity contribution is -0.142. The number of hydrogen-bond acceptors (Lipinski definition) is 8. The SMILES string of the molecule is COc1cc(C#N)ccc1Oc1nnc(C(F)(F)F)c(C)c1C(=O)Nc1cccc(C(=O)NSC)c1. The fraction of sp³-hybridized carbons (Fsp3) is 0.174. The average molecular weight is 517 g/mol. The summed E-state index contributed by atoms with van der Waals surface area (Å²) in [5.74, 6) is -1.83. The molecule has 0 fully saturated rings. The molecule has 0 aliphatic rings. The van der Waals surface area contributed by atoms with Crippen LogP contribution >= 0.6 is 11.9 Å². The van der Waals surface area contributed by atoms with Crippen LogP contribution in [0.2, 0.25) is 0 Å². The van der Waals surface area contributed by atoms with E-state index < -0.39 is 40.7 Å². The van der Waals surface area contributed by atoms with Gasteiger partial charge in [0.25, 0.3) is 17.7 Å². The summed E-state index contributed by atoms with van der Waals surface area (Å²) >= 11 is 1.08. The second-order valence-corrected chi connectivity index (χ2v) is 7.71. The third-order valence-electron chi connectivity index (χ3n) is 4.76. The summed E-state index contributed by atoms with van der Waals surface area (Å²) in [6.07, 6.45) is -3.22. The molecule has 2 amide bonds. The second-order valence-electron chi connectivity index (χ2n) is 7.10. The summed E-state index contributed by atoms with van der Waals surface area (Å²) in [4.78, 5) is 25.3. The number of anilines is 1. The Morgan fingerprint density at radius 1 is 1.08 bits per heavy atom. The van der Waals surface area contributed by atoms with Gasteiger partial charge in [0.05, 0.1) is 18.7 Å². The number of hydrogen-bond donors (Lipinski definition) is 2.